The average Bonchev–Trinajstić information content (AvgIpc) is 3.68. The Morgan fingerprint density at radius 2 is 1.86 bits per heavy atom. The van der Waals surface area contributed by atoms with E-state index in [0.29, 0.717) is 60.1 Å². The van der Waals surface area contributed by atoms with Gasteiger partial charge in [0.25, 0.3) is 5.91 Å². The van der Waals surface area contributed by atoms with Crippen molar-refractivity contribution in [2.45, 2.75) is 76.8 Å². The van der Waals surface area contributed by atoms with Crippen molar-refractivity contribution in [3.8, 4) is 17.1 Å². The van der Waals surface area contributed by atoms with Gasteiger partial charge in [-0.25, -0.2) is 18.4 Å². The van der Waals surface area contributed by atoms with Crippen molar-refractivity contribution in [1.29, 1.82) is 0 Å². The Kier molecular flexibility index (Phi) is 7.05. The lowest BCUT2D eigenvalue weighted by Gasteiger charge is -2.29. The second kappa shape index (κ2) is 10.9. The van der Waals surface area contributed by atoms with Crippen LogP contribution in [-0.2, 0) is 13.6 Å². The minimum atomic E-state index is -2.56. The Balaban J connectivity index is 1.24. The Hall–Kier alpha value is -4.02. The smallest absolute Gasteiger partial charge is 0.258 e. The van der Waals surface area contributed by atoms with Crippen molar-refractivity contribution in [2.24, 2.45) is 18.9 Å². The number of hydrogen-bond acceptors (Lipinski definition) is 6. The summed E-state index contributed by atoms with van der Waals surface area (Å²) < 4.78 is 37.5. The number of pyridine rings is 1. The summed E-state index contributed by atoms with van der Waals surface area (Å²) in [5, 5.41) is 10.9. The van der Waals surface area contributed by atoms with E-state index in [4.69, 9.17) is 9.72 Å². The van der Waals surface area contributed by atoms with Gasteiger partial charge in [-0.05, 0) is 87.6 Å². The molecule has 1 aromatic carbocycles. The van der Waals surface area contributed by atoms with E-state index in [2.05, 4.69) is 25.3 Å². The quantitative estimate of drug-likeness (QED) is 0.280. The molecule has 7 rings (SSSR count). The van der Waals surface area contributed by atoms with Crippen molar-refractivity contribution in [3.05, 3.63) is 47.8 Å². The molecule has 0 spiro atoms. The average molecular weight is 590 g/mol. The van der Waals surface area contributed by atoms with Gasteiger partial charge in [-0.15, -0.1) is 0 Å². The highest BCUT2D eigenvalue weighted by Gasteiger charge is 2.35. The number of fused-ring (bicyclic) bond motifs is 7. The lowest BCUT2D eigenvalue weighted by molar-refractivity contribution is -0.0360. The first-order valence-corrected chi connectivity index (χ1v) is 15.3. The van der Waals surface area contributed by atoms with Crippen LogP contribution in [0.3, 0.4) is 0 Å². The zero-order valence-electron chi connectivity index (χ0n) is 24.6. The summed E-state index contributed by atoms with van der Waals surface area (Å²) >= 11 is 0. The zero-order chi connectivity index (χ0) is 29.7. The molecular weight excluding hydrogens is 552 g/mol. The highest BCUT2D eigenvalue weighted by molar-refractivity contribution is 6.05. The third kappa shape index (κ3) is 5.81. The van der Waals surface area contributed by atoms with Crippen molar-refractivity contribution in [2.75, 3.05) is 17.2 Å². The van der Waals surface area contributed by atoms with E-state index in [0.717, 1.165) is 41.7 Å². The van der Waals surface area contributed by atoms with Gasteiger partial charge >= 0.3 is 0 Å². The number of hydrogen-bond donors (Lipinski definition) is 2. The van der Waals surface area contributed by atoms with Crippen LogP contribution in [-0.4, -0.2) is 48.8 Å². The number of aryl methyl sites for hydroxylation is 2. The van der Waals surface area contributed by atoms with Gasteiger partial charge < -0.3 is 14.6 Å². The normalized spacial score (nSPS) is 21.2. The summed E-state index contributed by atoms with van der Waals surface area (Å²) in [6, 6.07) is 9.52. The van der Waals surface area contributed by atoms with Crippen LogP contribution in [0.1, 0.15) is 67.4 Å². The lowest BCUT2D eigenvalue weighted by Crippen LogP contribution is -2.31. The molecule has 1 aliphatic heterocycles. The third-order valence-electron chi connectivity index (χ3n) is 9.10. The molecule has 2 saturated carbocycles. The van der Waals surface area contributed by atoms with E-state index < -0.39 is 5.92 Å². The Morgan fingerprint density at radius 3 is 2.65 bits per heavy atom. The first-order valence-electron chi connectivity index (χ1n) is 15.3. The number of amides is 1. The highest BCUT2D eigenvalue weighted by atomic mass is 19.3. The van der Waals surface area contributed by atoms with E-state index >= 15 is 0 Å². The molecule has 4 heterocycles. The largest absolute Gasteiger partial charge is 0.477 e. The van der Waals surface area contributed by atoms with Crippen LogP contribution in [0.15, 0.2) is 36.5 Å². The number of aromatic nitrogens is 5. The fourth-order valence-corrected chi connectivity index (χ4v) is 6.60. The van der Waals surface area contributed by atoms with Crippen LogP contribution < -0.4 is 15.4 Å². The molecule has 1 unspecified atom stereocenters. The van der Waals surface area contributed by atoms with Gasteiger partial charge in [0.15, 0.2) is 0 Å². The number of rotatable bonds is 3. The first-order chi connectivity index (χ1) is 20.7. The molecule has 4 aromatic rings. The molecule has 2 aliphatic carbocycles. The number of nitrogens with zero attached hydrogens (tertiary/aromatic N) is 5. The summed E-state index contributed by atoms with van der Waals surface area (Å²) in [7, 11) is 1.85. The molecule has 2 fully saturated rings. The minimum Gasteiger partial charge on any atom is -0.477 e. The van der Waals surface area contributed by atoms with Crippen LogP contribution in [0.4, 0.5) is 20.4 Å². The molecule has 3 aliphatic rings. The SMILES string of the molecule is Cc1cc2cc(n1)-c1cnn(C)c1OCCCC(C1CC1)Cn1c(nc3cc(NC4CCC(F)(F)CC4)ccc31)NC2=O. The topological polar surface area (TPSA) is 98.9 Å². The van der Waals surface area contributed by atoms with Crippen LogP contribution in [0.25, 0.3) is 22.3 Å². The van der Waals surface area contributed by atoms with Crippen molar-refractivity contribution < 1.29 is 18.3 Å². The maximum atomic E-state index is 13.7. The number of benzene rings is 1. The molecule has 1 amide bonds. The Labute approximate surface area is 249 Å². The van der Waals surface area contributed by atoms with E-state index in [1.54, 1.807) is 23.0 Å². The van der Waals surface area contributed by atoms with Crippen LogP contribution >= 0.6 is 0 Å². The maximum Gasteiger partial charge on any atom is 0.258 e. The number of ether oxygens (including phenoxy) is 1. The van der Waals surface area contributed by atoms with Gasteiger partial charge in [0.1, 0.15) is 0 Å². The van der Waals surface area contributed by atoms with E-state index in [-0.39, 0.29) is 24.8 Å². The lowest BCUT2D eigenvalue weighted by atomic mass is 9.92. The van der Waals surface area contributed by atoms with Gasteiger partial charge in [-0.2, -0.15) is 5.10 Å². The predicted molar refractivity (Wildman–Crippen MR) is 161 cm³/mol. The Bertz CT molecular complexity index is 1670. The van der Waals surface area contributed by atoms with Crippen LogP contribution in [0, 0.1) is 18.8 Å². The van der Waals surface area contributed by atoms with Gasteiger partial charge in [-0.1, -0.05) is 0 Å². The van der Waals surface area contributed by atoms with Gasteiger partial charge in [-0.3, -0.25) is 15.1 Å². The monoisotopic (exact) mass is 589 g/mol. The predicted octanol–water partition coefficient (Wildman–Crippen LogP) is 6.58. The third-order valence-corrected chi connectivity index (χ3v) is 9.10. The van der Waals surface area contributed by atoms with E-state index in [1.807, 2.05) is 32.2 Å². The van der Waals surface area contributed by atoms with Crippen molar-refractivity contribution >= 4 is 28.6 Å². The minimum absolute atomic E-state index is 0.00261. The van der Waals surface area contributed by atoms with Gasteiger partial charge in [0.05, 0.1) is 35.1 Å². The number of imidazole rings is 1. The maximum absolute atomic E-state index is 13.7. The number of alkyl halides is 2. The highest BCUT2D eigenvalue weighted by Crippen LogP contribution is 2.41. The molecule has 11 heteroatoms. The molecule has 226 valence electrons. The molecule has 43 heavy (non-hydrogen) atoms. The van der Waals surface area contributed by atoms with Crippen LogP contribution in [0.2, 0.25) is 0 Å². The fraction of sp³-hybridized carbons (Fsp3) is 0.500. The molecule has 9 nitrogen and oxygen atoms in total. The summed E-state index contributed by atoms with van der Waals surface area (Å²) in [5.74, 6) is -0.632. The number of anilines is 2. The number of nitrogens with one attached hydrogen (secondary N) is 2. The second-order valence-corrected chi connectivity index (χ2v) is 12.4. The molecule has 0 saturated heterocycles. The molecule has 0 radical (unpaired) electrons. The van der Waals surface area contributed by atoms with Crippen molar-refractivity contribution in [1.82, 2.24) is 24.3 Å². The standard InChI is InChI=1S/C32H37F2N7O2/c1-19-14-22-15-26(36-19)25-17-35-40(2)30(25)43-13-3-4-21(20-5-6-20)18-41-28-8-7-24(16-27(28)38-31(41)39-29(22)42)37-23-9-11-32(33,34)12-10-23/h7-8,14-17,20-21,23,37H,3-6,9-13,18H2,1-2H3,(H,38,39,42). The van der Waals surface area contributed by atoms with E-state index in [9.17, 15) is 13.6 Å². The zero-order valence-corrected chi connectivity index (χ0v) is 24.6. The molecule has 1 atom stereocenters. The summed E-state index contributed by atoms with van der Waals surface area (Å²) in [6.07, 6.45) is 6.70. The number of halogens is 2. The van der Waals surface area contributed by atoms with Gasteiger partial charge in [0.2, 0.25) is 17.8 Å². The molecule has 2 N–H and O–H groups in total. The first kappa shape index (κ1) is 27.8. The van der Waals surface area contributed by atoms with Crippen LogP contribution in [0.5, 0.6) is 5.88 Å². The number of carbonyl (C=O) groups excluding carboxylic acids is 1. The van der Waals surface area contributed by atoms with Crippen molar-refractivity contribution in [3.63, 3.8) is 0 Å². The molecule has 2 bridgehead atoms. The number of carbonyl (C=O) groups is 1. The van der Waals surface area contributed by atoms with Gasteiger partial charge in [0, 0.05) is 49.4 Å². The van der Waals surface area contributed by atoms with E-state index in [1.165, 1.54) is 12.8 Å². The fourth-order valence-electron chi connectivity index (χ4n) is 6.60. The Morgan fingerprint density at radius 1 is 1.05 bits per heavy atom. The summed E-state index contributed by atoms with van der Waals surface area (Å²) in [4.78, 5) is 23.3. The summed E-state index contributed by atoms with van der Waals surface area (Å²) in [5.41, 5.74) is 5.11. The summed E-state index contributed by atoms with van der Waals surface area (Å²) in [6.45, 7) is 3.16. The molecule has 3 aromatic heterocycles. The second-order valence-electron chi connectivity index (χ2n) is 12.4. The molecular formula is C32H37F2N7O2.